The highest BCUT2D eigenvalue weighted by Gasteiger charge is 2.25. The Bertz CT molecular complexity index is 621. The highest BCUT2D eigenvalue weighted by Crippen LogP contribution is 2.34. The monoisotopic (exact) mass is 347 g/mol. The third-order valence-electron chi connectivity index (χ3n) is 4.33. The van der Waals surface area contributed by atoms with E-state index in [1.54, 1.807) is 6.07 Å². The summed E-state index contributed by atoms with van der Waals surface area (Å²) in [6.45, 7) is 0. The van der Waals surface area contributed by atoms with Crippen LogP contribution in [0.1, 0.15) is 35.4 Å². The quantitative estimate of drug-likeness (QED) is 0.863. The van der Waals surface area contributed by atoms with E-state index in [1.165, 1.54) is 23.6 Å². The molecule has 1 aliphatic carbocycles. The molecule has 0 saturated heterocycles. The van der Waals surface area contributed by atoms with Gasteiger partial charge >= 0.3 is 0 Å². The second-order valence-electron chi connectivity index (χ2n) is 5.84. The van der Waals surface area contributed by atoms with E-state index >= 15 is 0 Å². The number of benzene rings is 2. The van der Waals surface area contributed by atoms with Gasteiger partial charge in [0.1, 0.15) is 5.82 Å². The molecule has 2 N–H and O–H groups in total. The van der Waals surface area contributed by atoms with Crippen LogP contribution in [0.4, 0.5) is 4.39 Å². The predicted molar refractivity (Wildman–Crippen MR) is 87.9 cm³/mol. The van der Waals surface area contributed by atoms with Crippen LogP contribution in [0, 0.1) is 5.82 Å². The summed E-state index contributed by atoms with van der Waals surface area (Å²) in [5.74, 6) is 0.160. The zero-order chi connectivity index (χ0) is 14.8. The molecule has 2 atom stereocenters. The van der Waals surface area contributed by atoms with Crippen molar-refractivity contribution in [2.45, 2.75) is 37.6 Å². The van der Waals surface area contributed by atoms with Crippen molar-refractivity contribution in [2.24, 2.45) is 5.73 Å². The number of hydrogen-bond acceptors (Lipinski definition) is 1. The smallest absolute Gasteiger partial charge is 0.124 e. The molecular weight excluding hydrogens is 329 g/mol. The maximum absolute atomic E-state index is 13.5. The molecule has 3 rings (SSSR count). The fourth-order valence-corrected chi connectivity index (χ4v) is 3.89. The third kappa shape index (κ3) is 3.35. The molecule has 0 fully saturated rings. The van der Waals surface area contributed by atoms with E-state index in [0.717, 1.165) is 22.9 Å². The van der Waals surface area contributed by atoms with E-state index in [1.807, 2.05) is 6.07 Å². The van der Waals surface area contributed by atoms with Gasteiger partial charge in [-0.05, 0) is 66.5 Å². The van der Waals surface area contributed by atoms with Crippen LogP contribution >= 0.6 is 15.9 Å². The van der Waals surface area contributed by atoms with Crippen LogP contribution in [0.3, 0.4) is 0 Å². The predicted octanol–water partition coefficient (Wildman–Crippen LogP) is 4.58. The first-order valence-corrected chi connectivity index (χ1v) is 8.21. The minimum absolute atomic E-state index is 0.0279. The van der Waals surface area contributed by atoms with E-state index in [-0.39, 0.29) is 11.9 Å². The van der Waals surface area contributed by atoms with Gasteiger partial charge in [-0.1, -0.05) is 40.2 Å². The average Bonchev–Trinajstić information content (AvgIpc) is 2.45. The molecule has 0 saturated carbocycles. The molecule has 0 spiro atoms. The van der Waals surface area contributed by atoms with E-state index < -0.39 is 0 Å². The second kappa shape index (κ2) is 6.29. The highest BCUT2D eigenvalue weighted by molar-refractivity contribution is 9.10. The van der Waals surface area contributed by atoms with Gasteiger partial charge in [0.2, 0.25) is 0 Å². The van der Waals surface area contributed by atoms with Crippen molar-refractivity contribution in [3.8, 4) is 0 Å². The molecule has 1 aliphatic rings. The Balaban J connectivity index is 1.81. The van der Waals surface area contributed by atoms with Gasteiger partial charge in [0.25, 0.3) is 0 Å². The van der Waals surface area contributed by atoms with Crippen LogP contribution in [0.25, 0.3) is 0 Å². The SMILES string of the molecule is NC(Cc1cc(F)cc(Br)c1)C1CCCc2ccccc21. The Labute approximate surface area is 133 Å². The number of nitrogens with two attached hydrogens (primary N) is 1. The van der Waals surface area contributed by atoms with Gasteiger partial charge in [0.15, 0.2) is 0 Å². The Morgan fingerprint density at radius 1 is 1.24 bits per heavy atom. The summed E-state index contributed by atoms with van der Waals surface area (Å²) in [4.78, 5) is 0. The van der Waals surface area contributed by atoms with Crippen molar-refractivity contribution in [1.82, 2.24) is 0 Å². The van der Waals surface area contributed by atoms with Gasteiger partial charge in [0, 0.05) is 10.5 Å². The van der Waals surface area contributed by atoms with Crippen LogP contribution in [0.2, 0.25) is 0 Å². The van der Waals surface area contributed by atoms with Crippen LogP contribution in [0.15, 0.2) is 46.9 Å². The van der Waals surface area contributed by atoms with Crippen molar-refractivity contribution in [3.63, 3.8) is 0 Å². The molecule has 2 unspecified atom stereocenters. The molecule has 1 nitrogen and oxygen atoms in total. The summed E-state index contributed by atoms with van der Waals surface area (Å²) in [5.41, 5.74) is 10.2. The van der Waals surface area contributed by atoms with Crippen LogP contribution < -0.4 is 5.73 Å². The standard InChI is InChI=1S/C18H19BrFN/c19-14-8-12(9-15(20)11-14)10-18(21)17-7-3-5-13-4-1-2-6-16(13)17/h1-2,4,6,8-9,11,17-18H,3,5,7,10,21H2. The number of halogens is 2. The largest absolute Gasteiger partial charge is 0.327 e. The first-order valence-electron chi connectivity index (χ1n) is 7.42. The normalized spacial score (nSPS) is 19.1. The third-order valence-corrected chi connectivity index (χ3v) is 4.78. The lowest BCUT2D eigenvalue weighted by atomic mass is 9.77. The maximum atomic E-state index is 13.5. The number of hydrogen-bond donors (Lipinski definition) is 1. The Hall–Kier alpha value is -1.19. The lowest BCUT2D eigenvalue weighted by molar-refractivity contribution is 0.459. The zero-order valence-corrected chi connectivity index (χ0v) is 13.4. The van der Waals surface area contributed by atoms with Gasteiger partial charge in [-0.25, -0.2) is 4.39 Å². The Morgan fingerprint density at radius 2 is 2.05 bits per heavy atom. The van der Waals surface area contributed by atoms with Gasteiger partial charge < -0.3 is 5.73 Å². The van der Waals surface area contributed by atoms with Gasteiger partial charge in [-0.2, -0.15) is 0 Å². The summed E-state index contributed by atoms with van der Waals surface area (Å²) in [6, 6.07) is 13.6. The molecule has 0 aliphatic heterocycles. The van der Waals surface area contributed by atoms with Crippen LogP contribution in [-0.2, 0) is 12.8 Å². The highest BCUT2D eigenvalue weighted by atomic mass is 79.9. The van der Waals surface area contributed by atoms with E-state index in [0.29, 0.717) is 12.3 Å². The van der Waals surface area contributed by atoms with Crippen molar-refractivity contribution in [3.05, 3.63) is 69.4 Å². The topological polar surface area (TPSA) is 26.0 Å². The molecule has 0 radical (unpaired) electrons. The minimum Gasteiger partial charge on any atom is -0.327 e. The minimum atomic E-state index is -0.212. The second-order valence-corrected chi connectivity index (χ2v) is 6.76. The van der Waals surface area contributed by atoms with E-state index in [9.17, 15) is 4.39 Å². The number of rotatable bonds is 3. The summed E-state index contributed by atoms with van der Waals surface area (Å²) >= 11 is 3.34. The summed E-state index contributed by atoms with van der Waals surface area (Å²) in [7, 11) is 0. The molecule has 2 aromatic rings. The average molecular weight is 348 g/mol. The summed E-state index contributed by atoms with van der Waals surface area (Å²) in [5, 5.41) is 0. The first kappa shape index (κ1) is 14.7. The van der Waals surface area contributed by atoms with Gasteiger partial charge in [-0.15, -0.1) is 0 Å². The van der Waals surface area contributed by atoms with Crippen molar-refractivity contribution in [1.29, 1.82) is 0 Å². The van der Waals surface area contributed by atoms with E-state index in [4.69, 9.17) is 5.73 Å². The number of fused-ring (bicyclic) bond motifs is 1. The summed E-state index contributed by atoms with van der Waals surface area (Å²) < 4.78 is 14.3. The first-order chi connectivity index (χ1) is 10.1. The Kier molecular flexibility index (Phi) is 4.41. The molecule has 0 aromatic heterocycles. The number of aryl methyl sites for hydroxylation is 1. The molecular formula is C18H19BrFN. The van der Waals surface area contributed by atoms with Crippen molar-refractivity contribution < 1.29 is 4.39 Å². The zero-order valence-electron chi connectivity index (χ0n) is 11.9. The Morgan fingerprint density at radius 3 is 2.86 bits per heavy atom. The van der Waals surface area contributed by atoms with Crippen molar-refractivity contribution in [2.75, 3.05) is 0 Å². The van der Waals surface area contributed by atoms with Crippen molar-refractivity contribution >= 4 is 15.9 Å². The fourth-order valence-electron chi connectivity index (χ4n) is 3.38. The molecule has 0 amide bonds. The molecule has 3 heteroatoms. The van der Waals surface area contributed by atoms with Gasteiger partial charge in [0.05, 0.1) is 0 Å². The lowest BCUT2D eigenvalue weighted by Gasteiger charge is -2.30. The molecule has 110 valence electrons. The molecule has 2 aromatic carbocycles. The lowest BCUT2D eigenvalue weighted by Crippen LogP contribution is -2.33. The maximum Gasteiger partial charge on any atom is 0.124 e. The molecule has 21 heavy (non-hydrogen) atoms. The van der Waals surface area contributed by atoms with Crippen LogP contribution in [-0.4, -0.2) is 6.04 Å². The molecule has 0 bridgehead atoms. The van der Waals surface area contributed by atoms with Crippen LogP contribution in [0.5, 0.6) is 0 Å². The fraction of sp³-hybridized carbons (Fsp3) is 0.333. The molecule has 0 heterocycles. The van der Waals surface area contributed by atoms with E-state index in [2.05, 4.69) is 40.2 Å². The van der Waals surface area contributed by atoms with Gasteiger partial charge in [-0.3, -0.25) is 0 Å². The summed E-state index contributed by atoms with van der Waals surface area (Å²) in [6.07, 6.45) is 4.15.